The first-order valence-corrected chi connectivity index (χ1v) is 11.8. The molecule has 1 aromatic carbocycles. The SMILES string of the molecule is Cc1ccc(C(C)C)c(O[P+]2(S)SCCS2)c1. The minimum Gasteiger partial charge on any atom is -0.314 e. The zero-order valence-corrected chi connectivity index (χ0v) is 13.8. The van der Waals surface area contributed by atoms with Crippen LogP contribution in [0.1, 0.15) is 30.9 Å². The van der Waals surface area contributed by atoms with E-state index in [-0.39, 0.29) is 0 Å². The zero-order valence-electron chi connectivity index (χ0n) is 10.3. The molecule has 5 heteroatoms. The van der Waals surface area contributed by atoms with Gasteiger partial charge in [0.05, 0.1) is 35.0 Å². The van der Waals surface area contributed by atoms with Gasteiger partial charge in [0.15, 0.2) is 5.75 Å². The molecule has 1 aliphatic rings. The van der Waals surface area contributed by atoms with Gasteiger partial charge in [-0.15, -0.1) is 0 Å². The Balaban J connectivity index is 2.27. The summed E-state index contributed by atoms with van der Waals surface area (Å²) in [6, 6.07) is 6.48. The van der Waals surface area contributed by atoms with Crippen LogP contribution in [0.2, 0.25) is 0 Å². The fourth-order valence-electron chi connectivity index (χ4n) is 1.72. The van der Waals surface area contributed by atoms with Crippen LogP contribution in [0.15, 0.2) is 18.2 Å². The second kappa shape index (κ2) is 5.64. The highest BCUT2D eigenvalue weighted by molar-refractivity contribution is 9.15. The van der Waals surface area contributed by atoms with Crippen molar-refractivity contribution in [2.24, 2.45) is 0 Å². The summed E-state index contributed by atoms with van der Waals surface area (Å²) in [6.07, 6.45) is 0. The first-order chi connectivity index (χ1) is 8.00. The molecule has 0 radical (unpaired) electrons. The van der Waals surface area contributed by atoms with Gasteiger partial charge in [-0.1, -0.05) is 26.0 Å². The lowest BCUT2D eigenvalue weighted by atomic mass is 10.0. The summed E-state index contributed by atoms with van der Waals surface area (Å²) >= 11 is 8.52. The molecule has 1 fully saturated rings. The van der Waals surface area contributed by atoms with Gasteiger partial charge in [0.1, 0.15) is 0 Å². The van der Waals surface area contributed by atoms with Crippen LogP contribution in [0.25, 0.3) is 0 Å². The molecule has 0 N–H and O–H groups in total. The molecular formula is C12H18OPS3+. The quantitative estimate of drug-likeness (QED) is 0.576. The monoisotopic (exact) mass is 305 g/mol. The fourth-order valence-corrected chi connectivity index (χ4v) is 10.9. The minimum absolute atomic E-state index is 0.489. The van der Waals surface area contributed by atoms with Crippen LogP contribution in [0.5, 0.6) is 5.75 Å². The average molecular weight is 305 g/mol. The molecular weight excluding hydrogens is 287 g/mol. The van der Waals surface area contributed by atoms with Crippen LogP contribution in [0.4, 0.5) is 0 Å². The van der Waals surface area contributed by atoms with E-state index in [9.17, 15) is 0 Å². The number of thiol groups is 1. The molecule has 0 aliphatic carbocycles. The van der Waals surface area contributed by atoms with E-state index in [1.807, 2.05) is 22.8 Å². The van der Waals surface area contributed by atoms with Crippen molar-refractivity contribution in [1.29, 1.82) is 0 Å². The van der Waals surface area contributed by atoms with E-state index in [4.69, 9.17) is 16.8 Å². The van der Waals surface area contributed by atoms with E-state index >= 15 is 0 Å². The van der Waals surface area contributed by atoms with Gasteiger partial charge in [-0.2, -0.15) is 0 Å². The maximum absolute atomic E-state index is 6.24. The van der Waals surface area contributed by atoms with Crippen molar-refractivity contribution in [3.63, 3.8) is 0 Å². The molecule has 2 rings (SSSR count). The summed E-state index contributed by atoms with van der Waals surface area (Å²) in [5, 5.41) is -1.60. The van der Waals surface area contributed by atoms with Crippen molar-refractivity contribution in [2.75, 3.05) is 11.5 Å². The lowest BCUT2D eigenvalue weighted by Crippen LogP contribution is -1.95. The van der Waals surface area contributed by atoms with Crippen molar-refractivity contribution < 1.29 is 4.52 Å². The third-order valence-electron chi connectivity index (χ3n) is 2.60. The number of benzene rings is 1. The Labute approximate surface area is 118 Å². The van der Waals surface area contributed by atoms with E-state index in [1.165, 1.54) is 11.1 Å². The molecule has 1 aromatic rings. The highest BCUT2D eigenvalue weighted by Gasteiger charge is 2.46. The number of hydrogen-bond donors (Lipinski definition) is 1. The average Bonchev–Trinajstić information content (AvgIpc) is 2.64. The second-order valence-corrected chi connectivity index (χ2v) is 15.5. The second-order valence-electron chi connectivity index (χ2n) is 4.42. The lowest BCUT2D eigenvalue weighted by Gasteiger charge is -2.16. The molecule has 0 saturated carbocycles. The Bertz CT molecular complexity index is 403. The zero-order chi connectivity index (χ0) is 12.5. The Morgan fingerprint density at radius 2 is 1.94 bits per heavy atom. The molecule has 1 saturated heterocycles. The summed E-state index contributed by atoms with van der Waals surface area (Å²) in [7, 11) is 0. The largest absolute Gasteiger partial charge is 0.364 e. The summed E-state index contributed by atoms with van der Waals surface area (Å²) < 4.78 is 6.24. The molecule has 0 atom stereocenters. The van der Waals surface area contributed by atoms with Crippen LogP contribution < -0.4 is 4.52 Å². The summed E-state index contributed by atoms with van der Waals surface area (Å²) in [5.74, 6) is 3.84. The van der Waals surface area contributed by atoms with E-state index < -0.39 is 5.10 Å². The van der Waals surface area contributed by atoms with E-state index in [1.54, 1.807) is 0 Å². The van der Waals surface area contributed by atoms with Gasteiger partial charge in [-0.05, 0) is 24.5 Å². The van der Waals surface area contributed by atoms with Gasteiger partial charge in [-0.3, -0.25) is 0 Å². The van der Waals surface area contributed by atoms with Crippen LogP contribution in [0, 0.1) is 6.92 Å². The van der Waals surface area contributed by atoms with Gasteiger partial charge in [0.2, 0.25) is 0 Å². The number of aryl methyl sites for hydroxylation is 1. The standard InChI is InChI=1S/C12H18OPS3/c1-9(2)11-5-4-10(3)8-12(11)13-14(15)16-6-7-17-14/h4-5,8-9,15H,6-7H2,1-3H3/q+1. The highest BCUT2D eigenvalue weighted by Crippen LogP contribution is 2.86. The third kappa shape index (κ3) is 3.50. The molecule has 0 unspecified atom stereocenters. The third-order valence-corrected chi connectivity index (χ3v) is 12.4. The molecule has 17 heavy (non-hydrogen) atoms. The van der Waals surface area contributed by atoms with Gasteiger partial charge in [-0.25, -0.2) is 0 Å². The molecule has 0 bridgehead atoms. The highest BCUT2D eigenvalue weighted by atomic mass is 33.4. The van der Waals surface area contributed by atoms with Crippen molar-refractivity contribution in [3.8, 4) is 5.75 Å². The van der Waals surface area contributed by atoms with Crippen LogP contribution >= 0.6 is 40.1 Å². The number of hydrogen-bond acceptors (Lipinski definition) is 4. The summed E-state index contributed by atoms with van der Waals surface area (Å²) in [5.41, 5.74) is 2.54. The van der Waals surface area contributed by atoms with Gasteiger partial charge >= 0.3 is 5.10 Å². The molecule has 1 nitrogen and oxygen atoms in total. The molecule has 1 heterocycles. The van der Waals surface area contributed by atoms with Gasteiger partial charge < -0.3 is 4.52 Å². The molecule has 0 amide bonds. The van der Waals surface area contributed by atoms with Crippen molar-refractivity contribution >= 4 is 40.1 Å². The van der Waals surface area contributed by atoms with Crippen molar-refractivity contribution in [2.45, 2.75) is 26.7 Å². The van der Waals surface area contributed by atoms with Gasteiger partial charge in [0.25, 0.3) is 0 Å². The maximum Gasteiger partial charge on any atom is 0.364 e. The fraction of sp³-hybridized carbons (Fsp3) is 0.500. The summed E-state index contributed by atoms with van der Waals surface area (Å²) in [6.45, 7) is 6.52. The summed E-state index contributed by atoms with van der Waals surface area (Å²) in [4.78, 5) is 0. The molecule has 0 aromatic heterocycles. The number of rotatable bonds is 3. The smallest absolute Gasteiger partial charge is 0.314 e. The minimum atomic E-state index is -1.60. The Hall–Kier alpha value is 0.500. The first-order valence-electron chi connectivity index (χ1n) is 5.71. The van der Waals surface area contributed by atoms with Crippen molar-refractivity contribution in [3.05, 3.63) is 29.3 Å². The predicted octanol–water partition coefficient (Wildman–Crippen LogP) is 5.58. The maximum atomic E-state index is 6.24. The molecule has 0 spiro atoms. The van der Waals surface area contributed by atoms with Crippen LogP contribution in [0.3, 0.4) is 0 Å². The van der Waals surface area contributed by atoms with E-state index in [2.05, 4.69) is 39.0 Å². The van der Waals surface area contributed by atoms with Gasteiger partial charge in [0, 0.05) is 17.1 Å². The van der Waals surface area contributed by atoms with E-state index in [0.717, 1.165) is 17.3 Å². The Kier molecular flexibility index (Phi) is 4.62. The van der Waals surface area contributed by atoms with E-state index in [0.29, 0.717) is 5.92 Å². The molecule has 94 valence electrons. The normalized spacial score (nSPS) is 18.6. The predicted molar refractivity (Wildman–Crippen MR) is 86.7 cm³/mol. The lowest BCUT2D eigenvalue weighted by molar-refractivity contribution is 0.615. The molecule has 1 aliphatic heterocycles. The first kappa shape index (κ1) is 13.9. The Morgan fingerprint density at radius 1 is 1.29 bits per heavy atom. The Morgan fingerprint density at radius 3 is 2.53 bits per heavy atom. The topological polar surface area (TPSA) is 9.23 Å². The van der Waals surface area contributed by atoms with Crippen molar-refractivity contribution in [1.82, 2.24) is 0 Å². The van der Waals surface area contributed by atoms with Crippen LogP contribution in [-0.4, -0.2) is 11.5 Å². The van der Waals surface area contributed by atoms with Crippen LogP contribution in [-0.2, 0) is 0 Å².